The lowest BCUT2D eigenvalue weighted by atomic mass is 10.0. The zero-order chi connectivity index (χ0) is 18.3. The van der Waals surface area contributed by atoms with Gasteiger partial charge in [-0.15, -0.1) is 0 Å². The lowest BCUT2D eigenvalue weighted by molar-refractivity contribution is 0.104. The average Bonchev–Trinajstić information content (AvgIpc) is 2.96. The number of nitrogens with zero attached hydrogens (tertiary/aromatic N) is 1. The average molecular weight is 346 g/mol. The molecule has 0 atom stereocenters. The van der Waals surface area contributed by atoms with Gasteiger partial charge >= 0.3 is 0 Å². The van der Waals surface area contributed by atoms with Gasteiger partial charge in [-0.05, 0) is 41.5 Å². The fourth-order valence-corrected chi connectivity index (χ4v) is 3.06. The number of aromatic hydroxyl groups is 1. The predicted octanol–water partition coefficient (Wildman–Crippen LogP) is 3.58. The molecule has 2 N–H and O–H groups in total. The Morgan fingerprint density at radius 3 is 2.92 bits per heavy atom. The van der Waals surface area contributed by atoms with Crippen LogP contribution in [0.15, 0.2) is 58.0 Å². The van der Waals surface area contributed by atoms with E-state index in [-0.39, 0.29) is 28.2 Å². The summed E-state index contributed by atoms with van der Waals surface area (Å²) in [5, 5.41) is 11.8. The van der Waals surface area contributed by atoms with E-state index in [0.717, 1.165) is 10.8 Å². The minimum atomic E-state index is -0.425. The van der Waals surface area contributed by atoms with Crippen molar-refractivity contribution in [1.29, 1.82) is 0 Å². The summed E-state index contributed by atoms with van der Waals surface area (Å²) < 4.78 is 5.42. The van der Waals surface area contributed by atoms with E-state index in [1.54, 1.807) is 25.1 Å². The lowest BCUT2D eigenvalue weighted by Gasteiger charge is -2.03. The molecule has 0 bridgehead atoms. The summed E-state index contributed by atoms with van der Waals surface area (Å²) in [6, 6.07) is 10.8. The molecule has 0 aliphatic heterocycles. The summed E-state index contributed by atoms with van der Waals surface area (Å²) >= 11 is 0. The third-order valence-corrected chi connectivity index (χ3v) is 4.21. The van der Waals surface area contributed by atoms with Gasteiger partial charge in [-0.3, -0.25) is 9.59 Å². The van der Waals surface area contributed by atoms with Gasteiger partial charge in [0.05, 0.1) is 11.9 Å². The number of hydrogen-bond donors (Lipinski definition) is 2. The smallest absolute Gasteiger partial charge is 0.262 e. The molecule has 0 unspecified atom stereocenters. The van der Waals surface area contributed by atoms with Gasteiger partial charge in [0, 0.05) is 0 Å². The van der Waals surface area contributed by atoms with Crippen molar-refractivity contribution in [2.75, 3.05) is 0 Å². The van der Waals surface area contributed by atoms with Crippen LogP contribution in [-0.2, 0) is 0 Å². The van der Waals surface area contributed by atoms with Gasteiger partial charge in [0.15, 0.2) is 5.78 Å². The maximum absolute atomic E-state index is 12.7. The number of benzene rings is 2. The molecule has 0 fully saturated rings. The van der Waals surface area contributed by atoms with E-state index in [2.05, 4.69) is 9.97 Å². The number of H-pyrrole nitrogens is 1. The Hall–Kier alpha value is -3.67. The van der Waals surface area contributed by atoms with Crippen LogP contribution in [-0.4, -0.2) is 20.9 Å². The van der Waals surface area contributed by atoms with Gasteiger partial charge in [-0.25, -0.2) is 4.98 Å². The second-order valence-corrected chi connectivity index (χ2v) is 5.90. The van der Waals surface area contributed by atoms with Crippen molar-refractivity contribution in [3.05, 3.63) is 76.0 Å². The zero-order valence-corrected chi connectivity index (χ0v) is 13.8. The van der Waals surface area contributed by atoms with Crippen molar-refractivity contribution in [3.8, 4) is 5.75 Å². The van der Waals surface area contributed by atoms with Gasteiger partial charge < -0.3 is 14.5 Å². The van der Waals surface area contributed by atoms with Gasteiger partial charge in [0.1, 0.15) is 16.9 Å². The molecule has 2 heterocycles. The number of carbonyl (C=O) groups excluding carboxylic acids is 1. The van der Waals surface area contributed by atoms with Crippen molar-refractivity contribution in [3.63, 3.8) is 0 Å². The monoisotopic (exact) mass is 346 g/mol. The highest BCUT2D eigenvalue weighted by atomic mass is 16.3. The minimum Gasteiger partial charge on any atom is -0.508 e. The number of aromatic amines is 1. The first-order valence-corrected chi connectivity index (χ1v) is 7.95. The Labute approximate surface area is 147 Å². The number of phenolic OH excluding ortho intramolecular Hbond substituents is 1. The molecule has 6 heteroatoms. The van der Waals surface area contributed by atoms with Crippen LogP contribution in [0.1, 0.15) is 21.7 Å². The van der Waals surface area contributed by atoms with Crippen LogP contribution in [0, 0.1) is 6.92 Å². The van der Waals surface area contributed by atoms with E-state index in [1.165, 1.54) is 12.4 Å². The lowest BCUT2D eigenvalue weighted by Crippen LogP contribution is -2.09. The van der Waals surface area contributed by atoms with Gasteiger partial charge in [0.2, 0.25) is 5.71 Å². The van der Waals surface area contributed by atoms with E-state index < -0.39 is 5.56 Å². The zero-order valence-electron chi connectivity index (χ0n) is 13.8. The molecule has 26 heavy (non-hydrogen) atoms. The quantitative estimate of drug-likeness (QED) is 0.437. The first kappa shape index (κ1) is 15.8. The summed E-state index contributed by atoms with van der Waals surface area (Å²) in [5.74, 6) is 0.0770. The molecule has 0 aliphatic rings. The third-order valence-electron chi connectivity index (χ3n) is 4.21. The predicted molar refractivity (Wildman–Crippen MR) is 98.3 cm³/mol. The normalized spacial score (nSPS) is 11.6. The molecule has 4 rings (SSSR count). The molecule has 4 aromatic rings. The highest BCUT2D eigenvalue weighted by molar-refractivity contribution is 6.15. The summed E-state index contributed by atoms with van der Waals surface area (Å²) in [6.07, 6.45) is 4.22. The minimum absolute atomic E-state index is 0.112. The van der Waals surface area contributed by atoms with Crippen LogP contribution in [0.5, 0.6) is 5.75 Å². The van der Waals surface area contributed by atoms with E-state index in [4.69, 9.17) is 4.42 Å². The molecule has 0 aliphatic carbocycles. The number of furan rings is 1. The fourth-order valence-electron chi connectivity index (χ4n) is 3.06. The molecule has 0 amide bonds. The molecular formula is C20H14N2O4. The second-order valence-electron chi connectivity index (χ2n) is 5.90. The molecule has 2 aromatic heterocycles. The van der Waals surface area contributed by atoms with Crippen LogP contribution >= 0.6 is 0 Å². The van der Waals surface area contributed by atoms with Crippen LogP contribution in [0.3, 0.4) is 0 Å². The highest BCUT2D eigenvalue weighted by Gasteiger charge is 2.19. The Morgan fingerprint density at radius 1 is 1.27 bits per heavy atom. The summed E-state index contributed by atoms with van der Waals surface area (Å²) in [7, 11) is 0. The number of carbonyl (C=O) groups is 1. The molecule has 2 aromatic carbocycles. The van der Waals surface area contributed by atoms with Crippen molar-refractivity contribution in [1.82, 2.24) is 9.97 Å². The largest absolute Gasteiger partial charge is 0.508 e. The number of aromatic nitrogens is 2. The Kier molecular flexibility index (Phi) is 3.65. The second kappa shape index (κ2) is 6.00. The first-order chi connectivity index (χ1) is 12.5. The number of phenols is 1. The summed E-state index contributed by atoms with van der Waals surface area (Å²) in [4.78, 5) is 31.1. The van der Waals surface area contributed by atoms with Crippen molar-refractivity contribution in [2.24, 2.45) is 0 Å². The van der Waals surface area contributed by atoms with Crippen molar-refractivity contribution in [2.45, 2.75) is 6.92 Å². The van der Waals surface area contributed by atoms with Crippen LogP contribution in [0.25, 0.3) is 27.9 Å². The first-order valence-electron chi connectivity index (χ1n) is 7.95. The van der Waals surface area contributed by atoms with Crippen LogP contribution < -0.4 is 5.56 Å². The van der Waals surface area contributed by atoms with E-state index in [0.29, 0.717) is 11.3 Å². The number of fused-ring (bicyclic) bond motifs is 2. The Morgan fingerprint density at radius 2 is 2.08 bits per heavy atom. The van der Waals surface area contributed by atoms with Gasteiger partial charge in [-0.2, -0.15) is 0 Å². The number of ketones is 1. The molecule has 0 saturated carbocycles. The maximum Gasteiger partial charge on any atom is 0.262 e. The number of hydrogen-bond acceptors (Lipinski definition) is 5. The molecule has 0 spiro atoms. The third kappa shape index (κ3) is 2.57. The van der Waals surface area contributed by atoms with Crippen LogP contribution in [0.4, 0.5) is 0 Å². The molecule has 6 nitrogen and oxygen atoms in total. The summed E-state index contributed by atoms with van der Waals surface area (Å²) in [6.45, 7) is 1.62. The fraction of sp³-hybridized carbons (Fsp3) is 0.0500. The SMILES string of the molecule is Cc1oc2nc[nH]c(=O)c2c1C(=O)/C=C/c1cc(O)cc2ccccc12. The Balaban J connectivity index is 1.81. The van der Waals surface area contributed by atoms with E-state index >= 15 is 0 Å². The standard InChI is InChI=1S/C20H14N2O4/c1-11-17(18-19(25)21-10-22-20(18)26-11)16(24)7-6-13-9-14(23)8-12-4-2-3-5-15(12)13/h2-10,23H,1H3,(H,21,22,25)/b7-6+. The molecular weight excluding hydrogens is 332 g/mol. The highest BCUT2D eigenvalue weighted by Crippen LogP contribution is 2.26. The van der Waals surface area contributed by atoms with Crippen molar-refractivity contribution >= 4 is 33.7 Å². The topological polar surface area (TPSA) is 96.2 Å². The number of rotatable bonds is 3. The number of allylic oxidation sites excluding steroid dienone is 1. The van der Waals surface area contributed by atoms with Gasteiger partial charge in [-0.1, -0.05) is 30.3 Å². The molecule has 0 radical (unpaired) electrons. The number of nitrogens with one attached hydrogen (secondary N) is 1. The van der Waals surface area contributed by atoms with Crippen molar-refractivity contribution < 1.29 is 14.3 Å². The van der Waals surface area contributed by atoms with Crippen LogP contribution in [0.2, 0.25) is 0 Å². The summed E-state index contributed by atoms with van der Waals surface area (Å²) in [5.41, 5.74) is 0.596. The number of aryl methyl sites for hydroxylation is 1. The van der Waals surface area contributed by atoms with E-state index in [1.807, 2.05) is 24.3 Å². The van der Waals surface area contributed by atoms with E-state index in [9.17, 15) is 14.7 Å². The van der Waals surface area contributed by atoms with Gasteiger partial charge in [0.25, 0.3) is 5.56 Å². The molecule has 0 saturated heterocycles. The molecule has 128 valence electrons. The maximum atomic E-state index is 12.7. The Bertz CT molecular complexity index is 1250.